The highest BCUT2D eigenvalue weighted by atomic mass is 35.5. The van der Waals surface area contributed by atoms with E-state index in [4.69, 9.17) is 21.8 Å². The molecule has 2 N–H and O–H groups in total. The fourth-order valence-electron chi connectivity index (χ4n) is 0.382. The van der Waals surface area contributed by atoms with Gasteiger partial charge in [0.15, 0.2) is 0 Å². The maximum Gasteiger partial charge on any atom is 0.150 e. The van der Waals surface area contributed by atoms with Crippen LogP contribution in [0.25, 0.3) is 0 Å². The molecule has 0 heterocycles. The molecule has 0 aromatic rings. The van der Waals surface area contributed by atoms with E-state index in [-0.39, 0.29) is 24.7 Å². The monoisotopic (exact) mass is 152 g/mol. The van der Waals surface area contributed by atoms with Crippen molar-refractivity contribution in [3.63, 3.8) is 0 Å². The van der Waals surface area contributed by atoms with E-state index >= 15 is 0 Å². The first kappa shape index (κ1) is 8.88. The molecule has 0 rings (SSSR count). The van der Waals surface area contributed by atoms with E-state index in [0.29, 0.717) is 0 Å². The summed E-state index contributed by atoms with van der Waals surface area (Å²) in [5, 5.41) is 16.9. The van der Waals surface area contributed by atoms with Crippen molar-refractivity contribution >= 4 is 17.4 Å². The summed E-state index contributed by atoms with van der Waals surface area (Å²) in [6, 6.07) is 0. The van der Waals surface area contributed by atoms with Crippen LogP contribution in [0.1, 0.15) is 6.42 Å². The number of alkyl halides is 1. The Hall–Kier alpha value is -0.120. The van der Waals surface area contributed by atoms with Crippen LogP contribution in [0.3, 0.4) is 0 Å². The molecule has 1 atom stereocenters. The lowest BCUT2D eigenvalue weighted by atomic mass is 10.2. The van der Waals surface area contributed by atoms with Crippen LogP contribution in [0.4, 0.5) is 0 Å². The number of rotatable bonds is 4. The molecule has 0 aliphatic heterocycles. The molecule has 4 heteroatoms. The van der Waals surface area contributed by atoms with Gasteiger partial charge in [-0.3, -0.25) is 4.79 Å². The molecule has 0 fully saturated rings. The molecule has 0 amide bonds. The van der Waals surface area contributed by atoms with Crippen molar-refractivity contribution in [1.29, 1.82) is 0 Å². The van der Waals surface area contributed by atoms with Crippen molar-refractivity contribution in [3.8, 4) is 0 Å². The number of carbonyl (C=O) groups excluding carboxylic acids is 1. The maximum atomic E-state index is 10.4. The first-order valence-electron chi connectivity index (χ1n) is 2.57. The summed E-state index contributed by atoms with van der Waals surface area (Å²) < 4.78 is 0. The van der Waals surface area contributed by atoms with Crippen molar-refractivity contribution in [2.24, 2.45) is 0 Å². The standard InChI is InChI=1S/C5H9ClO3/c6-2-4(8)1-5(9)3-7/h5,7,9H,1-3H2. The molecular weight excluding hydrogens is 144 g/mol. The van der Waals surface area contributed by atoms with Gasteiger partial charge in [-0.1, -0.05) is 0 Å². The Balaban J connectivity index is 3.34. The molecule has 0 saturated heterocycles. The van der Waals surface area contributed by atoms with Crippen LogP contribution in [-0.4, -0.2) is 34.6 Å². The predicted molar refractivity (Wildman–Crippen MR) is 33.4 cm³/mol. The molecule has 0 spiro atoms. The van der Waals surface area contributed by atoms with Gasteiger partial charge >= 0.3 is 0 Å². The zero-order valence-electron chi connectivity index (χ0n) is 4.88. The Kier molecular flexibility index (Phi) is 4.67. The van der Waals surface area contributed by atoms with Crippen LogP contribution < -0.4 is 0 Å². The number of Topliss-reactive ketones (excluding diaryl/α,β-unsaturated/α-hetero) is 1. The highest BCUT2D eigenvalue weighted by molar-refractivity contribution is 6.27. The Morgan fingerprint density at radius 3 is 2.56 bits per heavy atom. The lowest BCUT2D eigenvalue weighted by Gasteiger charge is -2.01. The zero-order valence-corrected chi connectivity index (χ0v) is 5.64. The van der Waals surface area contributed by atoms with Gasteiger partial charge in [0.05, 0.1) is 18.6 Å². The van der Waals surface area contributed by atoms with E-state index in [2.05, 4.69) is 0 Å². The first-order chi connectivity index (χ1) is 4.20. The van der Waals surface area contributed by atoms with Crippen molar-refractivity contribution in [2.75, 3.05) is 12.5 Å². The third-order valence-electron chi connectivity index (χ3n) is 0.823. The number of aliphatic hydroxyl groups is 2. The van der Waals surface area contributed by atoms with Crippen LogP contribution in [0.15, 0.2) is 0 Å². The number of halogens is 1. The number of ketones is 1. The minimum Gasteiger partial charge on any atom is -0.394 e. The molecule has 0 aromatic carbocycles. The summed E-state index contributed by atoms with van der Waals surface area (Å²) in [5.41, 5.74) is 0. The van der Waals surface area contributed by atoms with Crippen molar-refractivity contribution in [2.45, 2.75) is 12.5 Å². The highest BCUT2D eigenvalue weighted by Gasteiger charge is 2.07. The van der Waals surface area contributed by atoms with Crippen LogP contribution in [0.5, 0.6) is 0 Å². The first-order valence-corrected chi connectivity index (χ1v) is 3.10. The quantitative estimate of drug-likeness (QED) is 0.536. The third-order valence-corrected chi connectivity index (χ3v) is 1.12. The van der Waals surface area contributed by atoms with Gasteiger partial charge in [0, 0.05) is 6.42 Å². The molecule has 0 aliphatic rings. The van der Waals surface area contributed by atoms with Gasteiger partial charge in [0.2, 0.25) is 0 Å². The Bertz CT molecular complexity index is 94.2. The zero-order chi connectivity index (χ0) is 7.28. The lowest BCUT2D eigenvalue weighted by Crippen LogP contribution is -2.17. The minimum absolute atomic E-state index is 0.0556. The molecule has 0 radical (unpaired) electrons. The second-order valence-electron chi connectivity index (χ2n) is 1.71. The van der Waals surface area contributed by atoms with Gasteiger partial charge in [0.25, 0.3) is 0 Å². The average Bonchev–Trinajstić information content (AvgIpc) is 1.87. The normalized spacial score (nSPS) is 13.2. The predicted octanol–water partition coefficient (Wildman–Crippen LogP) is -0.462. The molecular formula is C5H9ClO3. The fraction of sp³-hybridized carbons (Fsp3) is 0.800. The van der Waals surface area contributed by atoms with Crippen molar-refractivity contribution < 1.29 is 15.0 Å². The van der Waals surface area contributed by atoms with Crippen molar-refractivity contribution in [3.05, 3.63) is 0 Å². The van der Waals surface area contributed by atoms with Gasteiger partial charge in [-0.2, -0.15) is 0 Å². The van der Waals surface area contributed by atoms with E-state index in [1.165, 1.54) is 0 Å². The lowest BCUT2D eigenvalue weighted by molar-refractivity contribution is -0.119. The second-order valence-corrected chi connectivity index (χ2v) is 1.98. The molecule has 3 nitrogen and oxygen atoms in total. The average molecular weight is 153 g/mol. The van der Waals surface area contributed by atoms with E-state index in [0.717, 1.165) is 0 Å². The summed E-state index contributed by atoms with van der Waals surface area (Å²) in [5.74, 6) is -0.352. The molecule has 1 unspecified atom stereocenters. The second kappa shape index (κ2) is 4.73. The molecule has 0 saturated carbocycles. The maximum absolute atomic E-state index is 10.4. The largest absolute Gasteiger partial charge is 0.394 e. The summed E-state index contributed by atoms with van der Waals surface area (Å²) in [7, 11) is 0. The van der Waals surface area contributed by atoms with Crippen LogP contribution >= 0.6 is 11.6 Å². The van der Waals surface area contributed by atoms with E-state index < -0.39 is 6.10 Å². The topological polar surface area (TPSA) is 57.5 Å². The smallest absolute Gasteiger partial charge is 0.150 e. The highest BCUT2D eigenvalue weighted by Crippen LogP contribution is 1.92. The molecule has 9 heavy (non-hydrogen) atoms. The van der Waals surface area contributed by atoms with Crippen molar-refractivity contribution in [1.82, 2.24) is 0 Å². The van der Waals surface area contributed by atoms with Gasteiger partial charge in [-0.05, 0) is 0 Å². The van der Waals surface area contributed by atoms with Crippen LogP contribution in [-0.2, 0) is 4.79 Å². The Labute approximate surface area is 58.3 Å². The van der Waals surface area contributed by atoms with E-state index in [1.807, 2.05) is 0 Å². The summed E-state index contributed by atoms with van der Waals surface area (Å²) in [6.45, 7) is -0.386. The van der Waals surface area contributed by atoms with Gasteiger partial charge in [-0.15, -0.1) is 11.6 Å². The number of hydrogen-bond acceptors (Lipinski definition) is 3. The summed E-state index contributed by atoms with van der Waals surface area (Å²) in [6.07, 6.45) is -1.00. The SMILES string of the molecule is O=C(CCl)CC(O)CO. The summed E-state index contributed by atoms with van der Waals surface area (Å²) >= 11 is 5.11. The molecule has 54 valence electrons. The van der Waals surface area contributed by atoms with Gasteiger partial charge < -0.3 is 10.2 Å². The number of aliphatic hydroxyl groups excluding tert-OH is 2. The van der Waals surface area contributed by atoms with Gasteiger partial charge in [0.1, 0.15) is 5.78 Å². The number of carbonyl (C=O) groups is 1. The fourth-order valence-corrected chi connectivity index (χ4v) is 0.491. The molecule has 0 bridgehead atoms. The van der Waals surface area contributed by atoms with Crippen LogP contribution in [0.2, 0.25) is 0 Å². The van der Waals surface area contributed by atoms with E-state index in [1.54, 1.807) is 0 Å². The Morgan fingerprint density at radius 2 is 2.22 bits per heavy atom. The number of hydrogen-bond donors (Lipinski definition) is 2. The third kappa shape index (κ3) is 4.39. The van der Waals surface area contributed by atoms with Gasteiger partial charge in [-0.25, -0.2) is 0 Å². The summed E-state index contributed by atoms with van der Waals surface area (Å²) in [4.78, 5) is 10.4. The molecule has 0 aromatic heterocycles. The molecule has 0 aliphatic carbocycles. The Morgan fingerprint density at radius 1 is 1.67 bits per heavy atom. The van der Waals surface area contributed by atoms with Crippen LogP contribution in [0, 0.1) is 0 Å². The van der Waals surface area contributed by atoms with E-state index in [9.17, 15) is 4.79 Å². The minimum atomic E-state index is -0.948.